The van der Waals surface area contributed by atoms with Crippen LogP contribution in [0.3, 0.4) is 0 Å². The third kappa shape index (κ3) is 6.18. The summed E-state index contributed by atoms with van der Waals surface area (Å²) in [6.07, 6.45) is -0.340. The number of nitrogens with two attached hydrogens (primary N) is 1. The molecule has 0 aromatic heterocycles. The molecule has 2 atom stereocenters. The summed E-state index contributed by atoms with van der Waals surface area (Å²) in [6.45, 7) is 7.49. The quantitative estimate of drug-likeness (QED) is 0.731. The van der Waals surface area contributed by atoms with Crippen molar-refractivity contribution in [3.63, 3.8) is 0 Å². The van der Waals surface area contributed by atoms with Crippen molar-refractivity contribution in [1.82, 2.24) is 0 Å². The van der Waals surface area contributed by atoms with Gasteiger partial charge in [0, 0.05) is 0 Å². The smallest absolute Gasteiger partial charge is 0.325 e. The Morgan fingerprint density at radius 3 is 2.07 bits per heavy atom. The Morgan fingerprint density at radius 2 is 1.79 bits per heavy atom. The molecule has 0 unspecified atom stereocenters. The van der Waals surface area contributed by atoms with Gasteiger partial charge in [-0.25, -0.2) is 0 Å². The van der Waals surface area contributed by atoms with Crippen molar-refractivity contribution in [3.8, 4) is 0 Å². The molecule has 0 aliphatic heterocycles. The Labute approximate surface area is 91.5 Å². The second-order valence-electron chi connectivity index (χ2n) is 3.98. The standard InChI is InChI=1S/C9H19NO3.ClH/c1-6(13-9(2,3)4)7(10)8(11)12-5;/h6-7H,10H2,1-5H3;1H/t6-,7-;/m1./s1. The molecular weight excluding hydrogens is 206 g/mol. The van der Waals surface area contributed by atoms with E-state index in [1.54, 1.807) is 6.92 Å². The molecule has 0 heterocycles. The van der Waals surface area contributed by atoms with E-state index in [0.717, 1.165) is 0 Å². The average Bonchev–Trinajstić information content (AvgIpc) is 1.98. The van der Waals surface area contributed by atoms with E-state index in [1.807, 2.05) is 20.8 Å². The fourth-order valence-electron chi connectivity index (χ4n) is 0.959. The fourth-order valence-corrected chi connectivity index (χ4v) is 0.959. The van der Waals surface area contributed by atoms with Gasteiger partial charge in [-0.3, -0.25) is 4.79 Å². The lowest BCUT2D eigenvalue weighted by atomic mass is 10.1. The highest BCUT2D eigenvalue weighted by atomic mass is 35.5. The highest BCUT2D eigenvalue weighted by Gasteiger charge is 2.26. The first-order valence-corrected chi connectivity index (χ1v) is 4.29. The third-order valence-corrected chi connectivity index (χ3v) is 1.52. The first-order chi connectivity index (χ1) is 5.78. The van der Waals surface area contributed by atoms with E-state index in [0.29, 0.717) is 0 Å². The highest BCUT2D eigenvalue weighted by molar-refractivity contribution is 5.85. The van der Waals surface area contributed by atoms with Crippen LogP contribution in [0.4, 0.5) is 0 Å². The minimum atomic E-state index is -0.718. The van der Waals surface area contributed by atoms with Crippen LogP contribution in [-0.2, 0) is 14.3 Å². The number of esters is 1. The molecule has 0 spiro atoms. The lowest BCUT2D eigenvalue weighted by molar-refractivity contribution is -0.149. The molecule has 0 bridgehead atoms. The topological polar surface area (TPSA) is 61.5 Å². The number of halogens is 1. The summed E-state index contributed by atoms with van der Waals surface area (Å²) in [5.74, 6) is -0.447. The maximum Gasteiger partial charge on any atom is 0.325 e. The molecule has 0 aromatic carbocycles. The van der Waals surface area contributed by atoms with Crippen molar-refractivity contribution in [3.05, 3.63) is 0 Å². The van der Waals surface area contributed by atoms with Gasteiger partial charge < -0.3 is 15.2 Å². The van der Waals surface area contributed by atoms with Gasteiger partial charge in [-0.2, -0.15) is 0 Å². The Balaban J connectivity index is 0. The van der Waals surface area contributed by atoms with E-state index < -0.39 is 12.0 Å². The van der Waals surface area contributed by atoms with Gasteiger partial charge in [0.15, 0.2) is 0 Å². The van der Waals surface area contributed by atoms with Crippen molar-refractivity contribution in [1.29, 1.82) is 0 Å². The predicted octanol–water partition coefficient (Wildman–Crippen LogP) is 1.11. The maximum atomic E-state index is 11.0. The van der Waals surface area contributed by atoms with Crippen LogP contribution in [0.2, 0.25) is 0 Å². The van der Waals surface area contributed by atoms with Crippen LogP contribution in [0.1, 0.15) is 27.7 Å². The van der Waals surface area contributed by atoms with Gasteiger partial charge in [-0.05, 0) is 27.7 Å². The van der Waals surface area contributed by atoms with Crippen LogP contribution in [0.15, 0.2) is 0 Å². The molecule has 0 saturated heterocycles. The fraction of sp³-hybridized carbons (Fsp3) is 0.889. The molecule has 0 amide bonds. The number of methoxy groups -OCH3 is 1. The Kier molecular flexibility index (Phi) is 7.16. The number of hydrogen-bond acceptors (Lipinski definition) is 4. The molecule has 0 aliphatic carbocycles. The largest absolute Gasteiger partial charge is 0.468 e. The van der Waals surface area contributed by atoms with Crippen molar-refractivity contribution < 1.29 is 14.3 Å². The molecule has 5 heteroatoms. The third-order valence-electron chi connectivity index (χ3n) is 1.52. The lowest BCUT2D eigenvalue weighted by Gasteiger charge is -2.27. The molecule has 0 rings (SSSR count). The Morgan fingerprint density at radius 1 is 1.36 bits per heavy atom. The van der Waals surface area contributed by atoms with Crippen LogP contribution in [-0.4, -0.2) is 30.8 Å². The molecule has 4 nitrogen and oxygen atoms in total. The van der Waals surface area contributed by atoms with Crippen LogP contribution in [0.25, 0.3) is 0 Å². The van der Waals surface area contributed by atoms with E-state index in [1.165, 1.54) is 7.11 Å². The summed E-state index contributed by atoms with van der Waals surface area (Å²) >= 11 is 0. The SMILES string of the molecule is COC(=O)[C@H](N)[C@@H](C)OC(C)(C)C.Cl. The summed E-state index contributed by atoms with van der Waals surface area (Å²) in [7, 11) is 1.31. The van der Waals surface area contributed by atoms with Crippen LogP contribution < -0.4 is 5.73 Å². The van der Waals surface area contributed by atoms with Crippen LogP contribution in [0.5, 0.6) is 0 Å². The Bertz CT molecular complexity index is 179. The molecule has 2 N–H and O–H groups in total. The average molecular weight is 226 g/mol. The number of rotatable bonds is 3. The van der Waals surface area contributed by atoms with Crippen molar-refractivity contribution in [2.45, 2.75) is 45.4 Å². The van der Waals surface area contributed by atoms with Gasteiger partial charge in [0.05, 0.1) is 18.8 Å². The molecule has 0 aromatic rings. The monoisotopic (exact) mass is 225 g/mol. The minimum absolute atomic E-state index is 0. The molecule has 14 heavy (non-hydrogen) atoms. The molecular formula is C9H20ClNO3. The molecule has 0 saturated carbocycles. The molecule has 0 aliphatic rings. The second-order valence-corrected chi connectivity index (χ2v) is 3.98. The summed E-state index contributed by atoms with van der Waals surface area (Å²) in [6, 6.07) is -0.718. The van der Waals surface area contributed by atoms with Crippen molar-refractivity contribution in [2.75, 3.05) is 7.11 Å². The first kappa shape index (κ1) is 16.1. The van der Waals surface area contributed by atoms with E-state index in [-0.39, 0.29) is 24.1 Å². The van der Waals surface area contributed by atoms with Gasteiger partial charge in [0.25, 0.3) is 0 Å². The van der Waals surface area contributed by atoms with Gasteiger partial charge in [0.1, 0.15) is 6.04 Å². The zero-order valence-electron chi connectivity index (χ0n) is 9.37. The Hall–Kier alpha value is -0.320. The van der Waals surface area contributed by atoms with Gasteiger partial charge in [0.2, 0.25) is 0 Å². The zero-order valence-corrected chi connectivity index (χ0v) is 10.2. The van der Waals surface area contributed by atoms with Crippen LogP contribution >= 0.6 is 12.4 Å². The zero-order chi connectivity index (χ0) is 10.6. The molecule has 0 fully saturated rings. The lowest BCUT2D eigenvalue weighted by Crippen LogP contribution is -2.45. The number of carbonyl (C=O) groups is 1. The number of ether oxygens (including phenoxy) is 2. The van der Waals surface area contributed by atoms with E-state index in [2.05, 4.69) is 4.74 Å². The van der Waals surface area contributed by atoms with Gasteiger partial charge >= 0.3 is 5.97 Å². The minimum Gasteiger partial charge on any atom is -0.468 e. The summed E-state index contributed by atoms with van der Waals surface area (Å²) < 4.78 is 10.0. The van der Waals surface area contributed by atoms with Gasteiger partial charge in [-0.15, -0.1) is 12.4 Å². The maximum absolute atomic E-state index is 11.0. The van der Waals surface area contributed by atoms with Crippen LogP contribution in [0, 0.1) is 0 Å². The number of hydrogen-bond donors (Lipinski definition) is 1. The van der Waals surface area contributed by atoms with Crippen molar-refractivity contribution in [2.24, 2.45) is 5.73 Å². The van der Waals surface area contributed by atoms with E-state index in [9.17, 15) is 4.79 Å². The predicted molar refractivity (Wildman–Crippen MR) is 57.5 cm³/mol. The van der Waals surface area contributed by atoms with Crippen molar-refractivity contribution >= 4 is 18.4 Å². The molecule has 0 radical (unpaired) electrons. The number of carbonyl (C=O) groups excluding carboxylic acids is 1. The van der Waals surface area contributed by atoms with E-state index in [4.69, 9.17) is 10.5 Å². The molecule has 86 valence electrons. The first-order valence-electron chi connectivity index (χ1n) is 4.29. The summed E-state index contributed by atoms with van der Waals surface area (Å²) in [5, 5.41) is 0. The summed E-state index contributed by atoms with van der Waals surface area (Å²) in [4.78, 5) is 11.0. The normalized spacial score (nSPS) is 15.3. The summed E-state index contributed by atoms with van der Waals surface area (Å²) in [5.41, 5.74) is 5.28. The van der Waals surface area contributed by atoms with E-state index >= 15 is 0 Å². The second kappa shape index (κ2) is 6.22. The highest BCUT2D eigenvalue weighted by Crippen LogP contribution is 2.12. The van der Waals surface area contributed by atoms with Gasteiger partial charge in [-0.1, -0.05) is 0 Å².